The monoisotopic (exact) mass is 404 g/mol. The summed E-state index contributed by atoms with van der Waals surface area (Å²) < 4.78 is 5.89. The van der Waals surface area contributed by atoms with Crippen molar-refractivity contribution in [2.24, 2.45) is 0 Å². The lowest BCUT2D eigenvalue weighted by Crippen LogP contribution is -2.25. The first kappa shape index (κ1) is 19.1. The van der Waals surface area contributed by atoms with Crippen LogP contribution < -0.4 is 10.1 Å². The number of aromatic nitrogens is 1. The summed E-state index contributed by atoms with van der Waals surface area (Å²) in [5.74, 6) is 0.702. The molecule has 146 valence electrons. The molecule has 0 aliphatic heterocycles. The molecule has 5 heteroatoms. The molecule has 0 spiro atoms. The van der Waals surface area contributed by atoms with Crippen LogP contribution in [0.25, 0.3) is 10.9 Å². The molecule has 1 aromatic heterocycles. The highest BCUT2D eigenvalue weighted by atomic mass is 35.5. The van der Waals surface area contributed by atoms with Crippen molar-refractivity contribution in [3.63, 3.8) is 0 Å². The number of benzene rings is 3. The van der Waals surface area contributed by atoms with Gasteiger partial charge in [0, 0.05) is 40.3 Å². The molecule has 0 saturated carbocycles. The van der Waals surface area contributed by atoms with Crippen molar-refractivity contribution in [1.82, 2.24) is 10.3 Å². The van der Waals surface area contributed by atoms with E-state index in [1.807, 2.05) is 48.7 Å². The average Bonchev–Trinajstić information content (AvgIpc) is 3.15. The van der Waals surface area contributed by atoms with E-state index in [-0.39, 0.29) is 5.91 Å². The van der Waals surface area contributed by atoms with Crippen LogP contribution in [-0.4, -0.2) is 17.4 Å². The lowest BCUT2D eigenvalue weighted by Gasteiger charge is -2.07. The van der Waals surface area contributed by atoms with Crippen molar-refractivity contribution in [3.8, 4) is 5.75 Å². The zero-order valence-electron chi connectivity index (χ0n) is 15.8. The summed E-state index contributed by atoms with van der Waals surface area (Å²) >= 11 is 5.95. The number of nitrogens with one attached hydrogen (secondary N) is 2. The van der Waals surface area contributed by atoms with E-state index in [0.717, 1.165) is 34.2 Å². The molecule has 0 bridgehead atoms. The van der Waals surface area contributed by atoms with Crippen LogP contribution in [-0.2, 0) is 13.0 Å². The molecule has 29 heavy (non-hydrogen) atoms. The quantitative estimate of drug-likeness (QED) is 0.435. The fourth-order valence-electron chi connectivity index (χ4n) is 3.25. The molecule has 0 fully saturated rings. The van der Waals surface area contributed by atoms with Crippen LogP contribution in [0.3, 0.4) is 0 Å². The maximum Gasteiger partial charge on any atom is 0.251 e. The standard InChI is InChI=1S/C24H21ClN2O2/c25-20-8-4-7-18(13-20)24(28)26-12-11-19-15-27-23-14-21(9-10-22(19)23)29-16-17-5-2-1-3-6-17/h1-10,13-15,27H,11-12,16H2,(H,26,28). The third-order valence-corrected chi connectivity index (χ3v) is 4.99. The molecular formula is C24H21ClN2O2. The van der Waals surface area contributed by atoms with Crippen molar-refractivity contribution < 1.29 is 9.53 Å². The SMILES string of the molecule is O=C(NCCc1c[nH]c2cc(OCc3ccccc3)ccc12)c1cccc(Cl)c1. The first-order valence-electron chi connectivity index (χ1n) is 9.49. The third-order valence-electron chi connectivity index (χ3n) is 4.75. The Labute approximate surface area is 174 Å². The van der Waals surface area contributed by atoms with E-state index < -0.39 is 0 Å². The minimum atomic E-state index is -0.121. The number of carbonyl (C=O) groups is 1. The number of aromatic amines is 1. The fraction of sp³-hybridized carbons (Fsp3) is 0.125. The van der Waals surface area contributed by atoms with Crippen LogP contribution in [0.15, 0.2) is 79.0 Å². The first-order chi connectivity index (χ1) is 14.2. The van der Waals surface area contributed by atoms with Gasteiger partial charge in [-0.15, -0.1) is 0 Å². The Balaban J connectivity index is 1.35. The number of hydrogen-bond acceptors (Lipinski definition) is 2. The van der Waals surface area contributed by atoms with Crippen LogP contribution in [0.1, 0.15) is 21.5 Å². The Morgan fingerprint density at radius 1 is 1.00 bits per heavy atom. The topological polar surface area (TPSA) is 54.1 Å². The first-order valence-corrected chi connectivity index (χ1v) is 9.87. The highest BCUT2D eigenvalue weighted by Gasteiger charge is 2.08. The van der Waals surface area contributed by atoms with E-state index in [1.54, 1.807) is 24.3 Å². The summed E-state index contributed by atoms with van der Waals surface area (Å²) in [6, 6.07) is 23.1. The third kappa shape index (κ3) is 4.79. The number of ether oxygens (including phenoxy) is 1. The van der Waals surface area contributed by atoms with Crippen LogP contribution >= 0.6 is 11.6 Å². The van der Waals surface area contributed by atoms with Gasteiger partial charge < -0.3 is 15.0 Å². The number of rotatable bonds is 7. The summed E-state index contributed by atoms with van der Waals surface area (Å²) in [5.41, 5.74) is 3.87. The summed E-state index contributed by atoms with van der Waals surface area (Å²) in [4.78, 5) is 15.5. The maximum atomic E-state index is 12.2. The van der Waals surface area contributed by atoms with Crippen molar-refractivity contribution in [2.75, 3.05) is 6.54 Å². The van der Waals surface area contributed by atoms with Gasteiger partial charge in [-0.1, -0.05) is 48.0 Å². The molecule has 4 nitrogen and oxygen atoms in total. The van der Waals surface area contributed by atoms with Gasteiger partial charge in [-0.25, -0.2) is 0 Å². The number of halogens is 1. The molecule has 1 amide bonds. The maximum absolute atomic E-state index is 12.2. The number of fused-ring (bicyclic) bond motifs is 1. The molecule has 0 radical (unpaired) electrons. The van der Waals surface area contributed by atoms with Crippen molar-refractivity contribution in [3.05, 3.63) is 101 Å². The number of hydrogen-bond donors (Lipinski definition) is 2. The molecule has 4 aromatic rings. The molecule has 0 aliphatic rings. The molecule has 0 atom stereocenters. The number of amides is 1. The van der Waals surface area contributed by atoms with Gasteiger partial charge in [0.15, 0.2) is 0 Å². The highest BCUT2D eigenvalue weighted by Crippen LogP contribution is 2.24. The van der Waals surface area contributed by atoms with Gasteiger partial charge in [-0.05, 0) is 47.9 Å². The van der Waals surface area contributed by atoms with Gasteiger partial charge >= 0.3 is 0 Å². The van der Waals surface area contributed by atoms with E-state index in [1.165, 1.54) is 0 Å². The summed E-state index contributed by atoms with van der Waals surface area (Å²) in [6.07, 6.45) is 2.72. The Kier molecular flexibility index (Phi) is 5.82. The molecule has 0 saturated heterocycles. The van der Waals surface area contributed by atoms with E-state index in [4.69, 9.17) is 16.3 Å². The molecule has 1 heterocycles. The molecule has 0 aliphatic carbocycles. The molecule has 4 rings (SSSR count). The van der Waals surface area contributed by atoms with Gasteiger partial charge in [-0.2, -0.15) is 0 Å². The molecule has 2 N–H and O–H groups in total. The van der Waals surface area contributed by atoms with E-state index in [9.17, 15) is 4.79 Å². The molecule has 3 aromatic carbocycles. The van der Waals surface area contributed by atoms with Crippen molar-refractivity contribution in [1.29, 1.82) is 0 Å². The predicted molar refractivity (Wildman–Crippen MR) is 117 cm³/mol. The lowest BCUT2D eigenvalue weighted by atomic mass is 10.1. The smallest absolute Gasteiger partial charge is 0.251 e. The van der Waals surface area contributed by atoms with Gasteiger partial charge in [0.25, 0.3) is 5.91 Å². The van der Waals surface area contributed by atoms with E-state index in [0.29, 0.717) is 23.7 Å². The van der Waals surface area contributed by atoms with Crippen molar-refractivity contribution in [2.45, 2.75) is 13.0 Å². The Bertz CT molecular complexity index is 1120. The number of carbonyl (C=O) groups excluding carboxylic acids is 1. The number of H-pyrrole nitrogens is 1. The van der Waals surface area contributed by atoms with Crippen LogP contribution in [0, 0.1) is 0 Å². The minimum absolute atomic E-state index is 0.121. The Hall–Kier alpha value is -3.24. The van der Waals surface area contributed by atoms with Gasteiger partial charge in [0.1, 0.15) is 12.4 Å². The zero-order chi connectivity index (χ0) is 20.1. The fourth-order valence-corrected chi connectivity index (χ4v) is 3.44. The summed E-state index contributed by atoms with van der Waals surface area (Å²) in [7, 11) is 0. The summed E-state index contributed by atoms with van der Waals surface area (Å²) in [5, 5.41) is 4.63. The van der Waals surface area contributed by atoms with Gasteiger partial charge in [-0.3, -0.25) is 4.79 Å². The van der Waals surface area contributed by atoms with Crippen LogP contribution in [0.2, 0.25) is 5.02 Å². The largest absolute Gasteiger partial charge is 0.489 e. The van der Waals surface area contributed by atoms with E-state index >= 15 is 0 Å². The second kappa shape index (κ2) is 8.84. The van der Waals surface area contributed by atoms with Crippen LogP contribution in [0.4, 0.5) is 0 Å². The zero-order valence-corrected chi connectivity index (χ0v) is 16.6. The van der Waals surface area contributed by atoms with Crippen molar-refractivity contribution >= 4 is 28.4 Å². The Morgan fingerprint density at radius 2 is 1.86 bits per heavy atom. The highest BCUT2D eigenvalue weighted by molar-refractivity contribution is 6.30. The van der Waals surface area contributed by atoms with Gasteiger partial charge in [0.05, 0.1) is 0 Å². The predicted octanol–water partition coefficient (Wildman–Crippen LogP) is 5.37. The second-order valence-electron chi connectivity index (χ2n) is 6.81. The Morgan fingerprint density at radius 3 is 2.69 bits per heavy atom. The average molecular weight is 405 g/mol. The lowest BCUT2D eigenvalue weighted by molar-refractivity contribution is 0.0954. The molecular weight excluding hydrogens is 384 g/mol. The molecule has 0 unspecified atom stereocenters. The van der Waals surface area contributed by atoms with Crippen LogP contribution in [0.5, 0.6) is 5.75 Å². The van der Waals surface area contributed by atoms with E-state index in [2.05, 4.69) is 16.4 Å². The normalized spacial score (nSPS) is 10.8. The minimum Gasteiger partial charge on any atom is -0.489 e. The second-order valence-corrected chi connectivity index (χ2v) is 7.25. The summed E-state index contributed by atoms with van der Waals surface area (Å²) in [6.45, 7) is 1.08. The van der Waals surface area contributed by atoms with Gasteiger partial charge in [0.2, 0.25) is 0 Å².